The van der Waals surface area contributed by atoms with Crippen LogP contribution in [0.3, 0.4) is 0 Å². The van der Waals surface area contributed by atoms with Gasteiger partial charge in [-0.2, -0.15) is 0 Å². The molecule has 0 bridgehead atoms. The fraction of sp³-hybridized carbons (Fsp3) is 0.375. The zero-order chi connectivity index (χ0) is 19.5. The van der Waals surface area contributed by atoms with Crippen molar-refractivity contribution in [3.05, 3.63) is 65.0 Å². The maximum absolute atomic E-state index is 12.0. The molecule has 0 unspecified atom stereocenters. The maximum atomic E-state index is 12.0. The lowest BCUT2D eigenvalue weighted by Gasteiger charge is -2.32. The van der Waals surface area contributed by atoms with Gasteiger partial charge in [0, 0.05) is 27.7 Å². The fourth-order valence-corrected chi connectivity index (χ4v) is 5.02. The van der Waals surface area contributed by atoms with E-state index in [0.29, 0.717) is 5.92 Å². The Morgan fingerprint density at radius 1 is 1.11 bits per heavy atom. The Labute approximate surface area is 171 Å². The van der Waals surface area contributed by atoms with Crippen LogP contribution in [-0.2, 0) is 11.3 Å². The highest BCUT2D eigenvalue weighted by atomic mass is 32.1. The first-order valence-corrected chi connectivity index (χ1v) is 11.0. The topological polar surface area (TPSA) is 32.3 Å². The second-order valence-electron chi connectivity index (χ2n) is 8.07. The Balaban J connectivity index is 1.35. The van der Waals surface area contributed by atoms with E-state index >= 15 is 0 Å². The number of hydrogen-bond donors (Lipinski definition) is 1. The highest BCUT2D eigenvalue weighted by molar-refractivity contribution is 7.19. The predicted molar refractivity (Wildman–Crippen MR) is 119 cm³/mol. The van der Waals surface area contributed by atoms with Crippen LogP contribution in [-0.4, -0.2) is 23.9 Å². The SMILES string of the molecule is CC(C)C(=O)Nc1cccc(C2CCN(Cc3cc4ccccc4s3)CC2)c1. The van der Waals surface area contributed by atoms with Gasteiger partial charge in [0.2, 0.25) is 5.91 Å². The standard InChI is InChI=1S/C24H28N2OS/c1-17(2)24(27)25-21-8-5-7-19(14-21)18-10-12-26(13-11-18)16-22-15-20-6-3-4-9-23(20)28-22/h3-9,14-15,17-18H,10-13,16H2,1-2H3,(H,25,27). The Morgan fingerprint density at radius 3 is 2.64 bits per heavy atom. The van der Waals surface area contributed by atoms with Crippen molar-refractivity contribution in [2.24, 2.45) is 5.92 Å². The van der Waals surface area contributed by atoms with Crippen LogP contribution in [0.5, 0.6) is 0 Å². The van der Waals surface area contributed by atoms with Crippen molar-refractivity contribution in [2.75, 3.05) is 18.4 Å². The zero-order valence-corrected chi connectivity index (χ0v) is 17.5. The van der Waals surface area contributed by atoms with Crippen LogP contribution in [0.4, 0.5) is 5.69 Å². The molecule has 3 nitrogen and oxygen atoms in total. The number of piperidine rings is 1. The van der Waals surface area contributed by atoms with Crippen LogP contribution in [0.25, 0.3) is 10.1 Å². The van der Waals surface area contributed by atoms with Crippen molar-refractivity contribution < 1.29 is 4.79 Å². The van der Waals surface area contributed by atoms with Crippen molar-refractivity contribution >= 4 is 33.0 Å². The molecule has 1 N–H and O–H groups in total. The van der Waals surface area contributed by atoms with E-state index in [9.17, 15) is 4.79 Å². The minimum atomic E-state index is 0.000736. The van der Waals surface area contributed by atoms with E-state index < -0.39 is 0 Å². The molecule has 1 aromatic heterocycles. The third kappa shape index (κ3) is 4.45. The molecule has 3 aromatic rings. The third-order valence-electron chi connectivity index (χ3n) is 5.59. The number of likely N-dealkylation sites (tertiary alicyclic amines) is 1. The van der Waals surface area contributed by atoms with Gasteiger partial charge in [-0.15, -0.1) is 11.3 Å². The summed E-state index contributed by atoms with van der Waals surface area (Å²) in [5, 5.41) is 4.39. The Kier molecular flexibility index (Phi) is 5.79. The summed E-state index contributed by atoms with van der Waals surface area (Å²) in [4.78, 5) is 16.0. The van der Waals surface area contributed by atoms with Crippen LogP contribution in [0.2, 0.25) is 0 Å². The van der Waals surface area contributed by atoms with E-state index in [2.05, 4.69) is 58.7 Å². The number of carbonyl (C=O) groups excluding carboxylic acids is 1. The second kappa shape index (κ2) is 8.46. The molecule has 1 saturated heterocycles. The molecular weight excluding hydrogens is 364 g/mol. The molecule has 0 saturated carbocycles. The van der Waals surface area contributed by atoms with Crippen LogP contribution in [0, 0.1) is 5.92 Å². The lowest BCUT2D eigenvalue weighted by atomic mass is 9.89. The molecule has 28 heavy (non-hydrogen) atoms. The summed E-state index contributed by atoms with van der Waals surface area (Å²) in [5.41, 5.74) is 2.27. The van der Waals surface area contributed by atoms with Crippen LogP contribution >= 0.6 is 11.3 Å². The van der Waals surface area contributed by atoms with Crippen molar-refractivity contribution in [2.45, 2.75) is 39.2 Å². The summed E-state index contributed by atoms with van der Waals surface area (Å²) in [6.07, 6.45) is 2.35. The lowest BCUT2D eigenvalue weighted by Crippen LogP contribution is -2.32. The highest BCUT2D eigenvalue weighted by Gasteiger charge is 2.21. The Morgan fingerprint density at radius 2 is 1.89 bits per heavy atom. The predicted octanol–water partition coefficient (Wildman–Crippen LogP) is 5.88. The molecule has 0 aliphatic carbocycles. The molecule has 1 amide bonds. The molecule has 4 rings (SSSR count). The number of nitrogens with one attached hydrogen (secondary N) is 1. The van der Waals surface area contributed by atoms with Gasteiger partial charge < -0.3 is 5.32 Å². The first-order chi connectivity index (χ1) is 13.6. The van der Waals surface area contributed by atoms with E-state index in [4.69, 9.17) is 0 Å². The monoisotopic (exact) mass is 392 g/mol. The third-order valence-corrected chi connectivity index (χ3v) is 6.69. The van der Waals surface area contributed by atoms with Crippen molar-refractivity contribution in [3.63, 3.8) is 0 Å². The molecule has 1 fully saturated rings. The van der Waals surface area contributed by atoms with Gasteiger partial charge in [-0.3, -0.25) is 9.69 Å². The minimum absolute atomic E-state index is 0.000736. The molecule has 1 aliphatic heterocycles. The normalized spacial score (nSPS) is 16.0. The molecule has 1 aliphatic rings. The number of anilines is 1. The summed E-state index contributed by atoms with van der Waals surface area (Å²) < 4.78 is 1.38. The molecule has 146 valence electrons. The number of amides is 1. The number of thiophene rings is 1. The van der Waals surface area contributed by atoms with E-state index in [1.807, 2.05) is 31.3 Å². The van der Waals surface area contributed by atoms with Gasteiger partial charge >= 0.3 is 0 Å². The second-order valence-corrected chi connectivity index (χ2v) is 9.24. The van der Waals surface area contributed by atoms with Gasteiger partial charge in [0.15, 0.2) is 0 Å². The summed E-state index contributed by atoms with van der Waals surface area (Å²) in [5.74, 6) is 0.658. The number of carbonyl (C=O) groups is 1. The van der Waals surface area contributed by atoms with E-state index in [0.717, 1.165) is 25.3 Å². The Hall–Kier alpha value is -2.17. The number of nitrogens with zero attached hydrogens (tertiary/aromatic N) is 1. The van der Waals surface area contributed by atoms with E-state index in [1.54, 1.807) is 0 Å². The number of benzene rings is 2. The quantitative estimate of drug-likeness (QED) is 0.588. The zero-order valence-electron chi connectivity index (χ0n) is 16.7. The van der Waals surface area contributed by atoms with Gasteiger partial charge in [-0.05, 0) is 67.1 Å². The summed E-state index contributed by atoms with van der Waals surface area (Å²) in [7, 11) is 0. The number of hydrogen-bond acceptors (Lipinski definition) is 3. The largest absolute Gasteiger partial charge is 0.326 e. The molecular formula is C24H28N2OS. The first-order valence-electron chi connectivity index (χ1n) is 10.2. The molecule has 2 heterocycles. The average Bonchev–Trinajstić information content (AvgIpc) is 3.11. The summed E-state index contributed by atoms with van der Waals surface area (Å²) in [6.45, 7) is 7.15. The lowest BCUT2D eigenvalue weighted by molar-refractivity contribution is -0.118. The van der Waals surface area contributed by atoms with E-state index in [-0.39, 0.29) is 11.8 Å². The molecule has 4 heteroatoms. The van der Waals surface area contributed by atoms with Crippen LogP contribution < -0.4 is 5.32 Å². The first kappa shape index (κ1) is 19.2. The van der Waals surface area contributed by atoms with E-state index in [1.165, 1.54) is 33.4 Å². The van der Waals surface area contributed by atoms with Gasteiger partial charge in [0.25, 0.3) is 0 Å². The Bertz CT molecular complexity index is 921. The molecule has 0 spiro atoms. The van der Waals surface area contributed by atoms with Gasteiger partial charge in [-0.1, -0.05) is 44.2 Å². The van der Waals surface area contributed by atoms with Gasteiger partial charge in [0.1, 0.15) is 0 Å². The average molecular weight is 393 g/mol. The summed E-state index contributed by atoms with van der Waals surface area (Å²) >= 11 is 1.92. The number of fused-ring (bicyclic) bond motifs is 1. The van der Waals surface area contributed by atoms with Gasteiger partial charge in [-0.25, -0.2) is 0 Å². The maximum Gasteiger partial charge on any atom is 0.226 e. The van der Waals surface area contributed by atoms with Crippen molar-refractivity contribution in [3.8, 4) is 0 Å². The number of rotatable bonds is 5. The van der Waals surface area contributed by atoms with Crippen LogP contribution in [0.15, 0.2) is 54.6 Å². The highest BCUT2D eigenvalue weighted by Crippen LogP contribution is 2.32. The molecule has 0 atom stereocenters. The molecule has 2 aromatic carbocycles. The molecule has 0 radical (unpaired) electrons. The van der Waals surface area contributed by atoms with Crippen molar-refractivity contribution in [1.82, 2.24) is 4.90 Å². The van der Waals surface area contributed by atoms with Crippen molar-refractivity contribution in [1.29, 1.82) is 0 Å². The van der Waals surface area contributed by atoms with Gasteiger partial charge in [0.05, 0.1) is 0 Å². The summed E-state index contributed by atoms with van der Waals surface area (Å²) in [6, 6.07) is 19.4. The minimum Gasteiger partial charge on any atom is -0.326 e. The smallest absolute Gasteiger partial charge is 0.226 e. The fourth-order valence-electron chi connectivity index (χ4n) is 3.92. The van der Waals surface area contributed by atoms with Crippen LogP contribution in [0.1, 0.15) is 43.0 Å².